The van der Waals surface area contributed by atoms with Crippen LogP contribution in [0.4, 0.5) is 5.69 Å². The molecule has 148 valence electrons. The van der Waals surface area contributed by atoms with E-state index in [0.29, 0.717) is 24.5 Å². The number of benzene rings is 2. The van der Waals surface area contributed by atoms with Gasteiger partial charge in [-0.3, -0.25) is 9.59 Å². The molecule has 2 atom stereocenters. The molecule has 1 aliphatic rings. The lowest BCUT2D eigenvalue weighted by atomic mass is 10.1. The van der Waals surface area contributed by atoms with Crippen LogP contribution in [-0.4, -0.2) is 50.0 Å². The van der Waals surface area contributed by atoms with Gasteiger partial charge in [0.05, 0.1) is 11.7 Å². The maximum absolute atomic E-state index is 12.7. The van der Waals surface area contributed by atoms with Crippen LogP contribution in [0.2, 0.25) is 0 Å². The third kappa shape index (κ3) is 4.70. The molecule has 1 aliphatic heterocycles. The van der Waals surface area contributed by atoms with Crippen LogP contribution in [0.15, 0.2) is 54.6 Å². The SMILES string of the molecule is CC1Oc2ccccc2N(CCC(=O)NC(CN(C)C)c2ccccc2)C1=O. The van der Waals surface area contributed by atoms with Gasteiger partial charge in [0.2, 0.25) is 5.91 Å². The Morgan fingerprint density at radius 1 is 1.14 bits per heavy atom. The lowest BCUT2D eigenvalue weighted by molar-refractivity contribution is -0.125. The van der Waals surface area contributed by atoms with Crippen molar-refractivity contribution in [3.63, 3.8) is 0 Å². The first-order chi connectivity index (χ1) is 13.5. The molecule has 0 spiro atoms. The number of para-hydroxylation sites is 2. The molecule has 2 amide bonds. The molecule has 2 unspecified atom stereocenters. The Hall–Kier alpha value is -2.86. The van der Waals surface area contributed by atoms with Crippen molar-refractivity contribution in [1.29, 1.82) is 0 Å². The fraction of sp³-hybridized carbons (Fsp3) is 0.364. The van der Waals surface area contributed by atoms with Crippen molar-refractivity contribution >= 4 is 17.5 Å². The minimum absolute atomic E-state index is 0.0832. The molecule has 2 aromatic rings. The fourth-order valence-electron chi connectivity index (χ4n) is 3.35. The maximum Gasteiger partial charge on any atom is 0.267 e. The molecule has 1 N–H and O–H groups in total. The van der Waals surface area contributed by atoms with Gasteiger partial charge >= 0.3 is 0 Å². The van der Waals surface area contributed by atoms with Gasteiger partial charge < -0.3 is 19.9 Å². The number of nitrogens with zero attached hydrogens (tertiary/aromatic N) is 2. The Bertz CT molecular complexity index is 823. The second-order valence-corrected chi connectivity index (χ2v) is 7.26. The highest BCUT2D eigenvalue weighted by atomic mass is 16.5. The van der Waals surface area contributed by atoms with Gasteiger partial charge in [-0.15, -0.1) is 0 Å². The molecule has 0 saturated carbocycles. The number of anilines is 1. The number of nitrogens with one attached hydrogen (secondary N) is 1. The van der Waals surface area contributed by atoms with E-state index in [-0.39, 0.29) is 24.3 Å². The zero-order valence-electron chi connectivity index (χ0n) is 16.6. The van der Waals surface area contributed by atoms with Crippen LogP contribution in [0.1, 0.15) is 24.9 Å². The topological polar surface area (TPSA) is 61.9 Å². The van der Waals surface area contributed by atoms with E-state index in [2.05, 4.69) is 5.32 Å². The Morgan fingerprint density at radius 2 is 1.82 bits per heavy atom. The number of rotatable bonds is 7. The van der Waals surface area contributed by atoms with Crippen molar-refractivity contribution in [2.45, 2.75) is 25.5 Å². The van der Waals surface area contributed by atoms with Crippen LogP contribution in [0.5, 0.6) is 5.75 Å². The molecule has 1 heterocycles. The second-order valence-electron chi connectivity index (χ2n) is 7.26. The quantitative estimate of drug-likeness (QED) is 0.801. The molecule has 0 aromatic heterocycles. The Morgan fingerprint density at radius 3 is 2.54 bits per heavy atom. The lowest BCUT2D eigenvalue weighted by Crippen LogP contribution is -2.46. The molecule has 0 radical (unpaired) electrons. The van der Waals surface area contributed by atoms with Crippen molar-refractivity contribution in [2.75, 3.05) is 32.1 Å². The number of fused-ring (bicyclic) bond motifs is 1. The standard InChI is InChI=1S/C22H27N3O3/c1-16-22(27)25(19-11-7-8-12-20(19)28-16)14-13-21(26)23-18(15-24(2)3)17-9-5-4-6-10-17/h4-12,16,18H,13-15H2,1-3H3,(H,23,26). The monoisotopic (exact) mass is 381 g/mol. The smallest absolute Gasteiger partial charge is 0.267 e. The van der Waals surface area contributed by atoms with Gasteiger partial charge in [0, 0.05) is 19.5 Å². The van der Waals surface area contributed by atoms with Crippen molar-refractivity contribution in [2.24, 2.45) is 0 Å². The highest BCUT2D eigenvalue weighted by Crippen LogP contribution is 2.33. The van der Waals surface area contributed by atoms with E-state index in [1.54, 1.807) is 11.8 Å². The van der Waals surface area contributed by atoms with Crippen LogP contribution < -0.4 is 15.0 Å². The molecule has 0 fully saturated rings. The number of hydrogen-bond donors (Lipinski definition) is 1. The van der Waals surface area contributed by atoms with Gasteiger partial charge in [-0.25, -0.2) is 0 Å². The average Bonchev–Trinajstić information content (AvgIpc) is 2.68. The largest absolute Gasteiger partial charge is 0.479 e. The summed E-state index contributed by atoms with van der Waals surface area (Å²) < 4.78 is 5.65. The number of ether oxygens (including phenoxy) is 1. The zero-order chi connectivity index (χ0) is 20.1. The predicted octanol–water partition coefficient (Wildman–Crippen LogP) is 2.61. The van der Waals surface area contributed by atoms with Crippen LogP contribution in [0, 0.1) is 0 Å². The van der Waals surface area contributed by atoms with E-state index in [1.165, 1.54) is 0 Å². The third-order valence-corrected chi connectivity index (χ3v) is 4.72. The minimum atomic E-state index is -0.552. The lowest BCUT2D eigenvalue weighted by Gasteiger charge is -2.33. The number of hydrogen-bond acceptors (Lipinski definition) is 4. The van der Waals surface area contributed by atoms with Gasteiger partial charge in [0.1, 0.15) is 5.75 Å². The molecule has 3 rings (SSSR count). The summed E-state index contributed by atoms with van der Waals surface area (Å²) in [4.78, 5) is 28.9. The van der Waals surface area contributed by atoms with Gasteiger partial charge in [-0.1, -0.05) is 42.5 Å². The van der Waals surface area contributed by atoms with Gasteiger partial charge in [0.15, 0.2) is 6.10 Å². The summed E-state index contributed by atoms with van der Waals surface area (Å²) in [7, 11) is 3.96. The molecular weight excluding hydrogens is 354 g/mol. The molecule has 28 heavy (non-hydrogen) atoms. The Balaban J connectivity index is 1.66. The summed E-state index contributed by atoms with van der Waals surface area (Å²) in [6.07, 6.45) is -0.326. The predicted molar refractivity (Wildman–Crippen MR) is 109 cm³/mol. The molecule has 0 saturated heterocycles. The Kier molecular flexibility index (Phi) is 6.31. The van der Waals surface area contributed by atoms with Crippen LogP contribution in [0.3, 0.4) is 0 Å². The Labute approximate surface area is 166 Å². The summed E-state index contributed by atoms with van der Waals surface area (Å²) in [5, 5.41) is 3.10. The van der Waals surface area contributed by atoms with Crippen LogP contribution >= 0.6 is 0 Å². The molecule has 6 heteroatoms. The highest BCUT2D eigenvalue weighted by molar-refractivity contribution is 6.00. The first kappa shape index (κ1) is 19.9. The summed E-state index contributed by atoms with van der Waals surface area (Å²) in [5.41, 5.74) is 1.78. The molecular formula is C22H27N3O3. The van der Waals surface area contributed by atoms with Gasteiger partial charge in [-0.05, 0) is 38.7 Å². The zero-order valence-corrected chi connectivity index (χ0v) is 16.6. The fourth-order valence-corrected chi connectivity index (χ4v) is 3.35. The number of carbonyl (C=O) groups excluding carboxylic acids is 2. The van der Waals surface area contributed by atoms with Crippen LogP contribution in [0.25, 0.3) is 0 Å². The first-order valence-corrected chi connectivity index (χ1v) is 9.52. The maximum atomic E-state index is 12.7. The average molecular weight is 381 g/mol. The first-order valence-electron chi connectivity index (χ1n) is 9.52. The molecule has 0 bridgehead atoms. The van der Waals surface area contributed by atoms with E-state index in [1.807, 2.05) is 73.6 Å². The minimum Gasteiger partial charge on any atom is -0.479 e. The molecule has 6 nitrogen and oxygen atoms in total. The third-order valence-electron chi connectivity index (χ3n) is 4.72. The second kappa shape index (κ2) is 8.89. The van der Waals surface area contributed by atoms with Gasteiger partial charge in [-0.2, -0.15) is 0 Å². The van der Waals surface area contributed by atoms with E-state index in [0.717, 1.165) is 5.56 Å². The van der Waals surface area contributed by atoms with Crippen LogP contribution in [-0.2, 0) is 9.59 Å². The molecule has 2 aromatic carbocycles. The summed E-state index contributed by atoms with van der Waals surface area (Å²) in [5.74, 6) is 0.462. The normalized spacial score (nSPS) is 17.1. The number of amides is 2. The summed E-state index contributed by atoms with van der Waals surface area (Å²) >= 11 is 0. The summed E-state index contributed by atoms with van der Waals surface area (Å²) in [6.45, 7) is 2.75. The van der Waals surface area contributed by atoms with Crippen molar-refractivity contribution in [3.8, 4) is 5.75 Å². The number of carbonyl (C=O) groups is 2. The van der Waals surface area contributed by atoms with E-state index in [9.17, 15) is 9.59 Å². The van der Waals surface area contributed by atoms with Gasteiger partial charge in [0.25, 0.3) is 5.91 Å². The van der Waals surface area contributed by atoms with E-state index >= 15 is 0 Å². The van der Waals surface area contributed by atoms with Crippen molar-refractivity contribution in [3.05, 3.63) is 60.2 Å². The van der Waals surface area contributed by atoms with E-state index in [4.69, 9.17) is 4.74 Å². The summed E-state index contributed by atoms with van der Waals surface area (Å²) in [6, 6.07) is 17.2. The van der Waals surface area contributed by atoms with Crippen molar-refractivity contribution in [1.82, 2.24) is 10.2 Å². The highest BCUT2D eigenvalue weighted by Gasteiger charge is 2.31. The van der Waals surface area contributed by atoms with Crippen molar-refractivity contribution < 1.29 is 14.3 Å². The van der Waals surface area contributed by atoms with E-state index < -0.39 is 6.10 Å². The number of likely N-dealkylation sites (N-methyl/N-ethyl adjacent to an activating group) is 1. The molecule has 0 aliphatic carbocycles.